The molecule has 0 aliphatic carbocycles. The van der Waals surface area contributed by atoms with Gasteiger partial charge < -0.3 is 0 Å². The number of halogens is 1. The Bertz CT molecular complexity index is 845. The number of hydrogen-bond donors (Lipinski definition) is 0. The number of aryl methyl sites for hydroxylation is 1. The molecule has 0 spiro atoms. The van der Waals surface area contributed by atoms with E-state index in [0.29, 0.717) is 16.2 Å². The van der Waals surface area contributed by atoms with Gasteiger partial charge in [0, 0.05) is 0 Å². The Kier molecular flexibility index (Phi) is 4.05. The Labute approximate surface area is 137 Å². The highest BCUT2D eigenvalue weighted by Gasteiger charge is 2.37. The molecule has 0 unspecified atom stereocenters. The SMILES string of the molecule is Cc1cccc(N2C(=O)S/C(=C\c3cccc(F)c3)C2=O)c1C. The molecule has 116 valence electrons. The van der Waals surface area contributed by atoms with E-state index in [1.54, 1.807) is 24.3 Å². The van der Waals surface area contributed by atoms with Crippen molar-refractivity contribution in [1.29, 1.82) is 0 Å². The fourth-order valence-electron chi connectivity index (χ4n) is 2.40. The van der Waals surface area contributed by atoms with Crippen LogP contribution in [0.1, 0.15) is 16.7 Å². The second-order valence-corrected chi connectivity index (χ2v) is 6.28. The van der Waals surface area contributed by atoms with Crippen molar-refractivity contribution in [1.82, 2.24) is 0 Å². The maximum atomic E-state index is 13.3. The van der Waals surface area contributed by atoms with Gasteiger partial charge in [0.1, 0.15) is 5.82 Å². The van der Waals surface area contributed by atoms with Gasteiger partial charge in [-0.05, 0) is 66.6 Å². The van der Waals surface area contributed by atoms with Gasteiger partial charge in [0.05, 0.1) is 10.6 Å². The van der Waals surface area contributed by atoms with Crippen molar-refractivity contribution in [2.45, 2.75) is 13.8 Å². The minimum Gasteiger partial charge on any atom is -0.268 e. The number of rotatable bonds is 2. The van der Waals surface area contributed by atoms with E-state index >= 15 is 0 Å². The molecule has 0 radical (unpaired) electrons. The Morgan fingerprint density at radius 3 is 2.57 bits per heavy atom. The molecular weight excluding hydrogens is 313 g/mol. The summed E-state index contributed by atoms with van der Waals surface area (Å²) in [5.41, 5.74) is 3.05. The molecule has 1 fully saturated rings. The molecule has 0 bridgehead atoms. The molecule has 1 aliphatic heterocycles. The van der Waals surface area contributed by atoms with Crippen LogP contribution in [0.3, 0.4) is 0 Å². The number of carbonyl (C=O) groups is 2. The van der Waals surface area contributed by atoms with Crippen LogP contribution >= 0.6 is 11.8 Å². The van der Waals surface area contributed by atoms with Crippen molar-refractivity contribution < 1.29 is 14.0 Å². The predicted octanol–water partition coefficient (Wildman–Crippen LogP) is 4.68. The molecule has 23 heavy (non-hydrogen) atoms. The Morgan fingerprint density at radius 2 is 1.83 bits per heavy atom. The first-order chi connectivity index (χ1) is 11.0. The lowest BCUT2D eigenvalue weighted by Crippen LogP contribution is -2.28. The minimum absolute atomic E-state index is 0.293. The van der Waals surface area contributed by atoms with Gasteiger partial charge in [-0.25, -0.2) is 9.29 Å². The van der Waals surface area contributed by atoms with Crippen LogP contribution in [0.4, 0.5) is 14.9 Å². The van der Waals surface area contributed by atoms with Gasteiger partial charge in [-0.15, -0.1) is 0 Å². The molecule has 1 saturated heterocycles. The largest absolute Gasteiger partial charge is 0.298 e. The summed E-state index contributed by atoms with van der Waals surface area (Å²) in [6.07, 6.45) is 1.54. The summed E-state index contributed by atoms with van der Waals surface area (Å²) < 4.78 is 13.3. The van der Waals surface area contributed by atoms with Crippen LogP contribution in [0.25, 0.3) is 6.08 Å². The first-order valence-corrected chi connectivity index (χ1v) is 7.89. The van der Waals surface area contributed by atoms with Gasteiger partial charge in [-0.3, -0.25) is 9.59 Å². The van der Waals surface area contributed by atoms with E-state index in [9.17, 15) is 14.0 Å². The summed E-state index contributed by atoms with van der Waals surface area (Å²) in [5, 5.41) is -0.341. The monoisotopic (exact) mass is 327 g/mol. The van der Waals surface area contributed by atoms with E-state index in [1.165, 1.54) is 17.0 Å². The van der Waals surface area contributed by atoms with Gasteiger partial charge in [-0.1, -0.05) is 24.3 Å². The maximum Gasteiger partial charge on any atom is 0.298 e. The van der Waals surface area contributed by atoms with Crippen molar-refractivity contribution in [3.8, 4) is 0 Å². The van der Waals surface area contributed by atoms with E-state index in [2.05, 4.69) is 0 Å². The third-order valence-corrected chi connectivity index (χ3v) is 4.63. The van der Waals surface area contributed by atoms with Crippen molar-refractivity contribution in [2.24, 2.45) is 0 Å². The smallest absolute Gasteiger partial charge is 0.268 e. The number of carbonyl (C=O) groups excluding carboxylic acids is 2. The molecule has 2 amide bonds. The maximum absolute atomic E-state index is 13.3. The Balaban J connectivity index is 1.99. The number of anilines is 1. The molecule has 0 atom stereocenters. The fourth-order valence-corrected chi connectivity index (χ4v) is 3.24. The number of hydrogen-bond acceptors (Lipinski definition) is 3. The van der Waals surface area contributed by atoms with E-state index in [0.717, 1.165) is 22.9 Å². The molecule has 0 N–H and O–H groups in total. The molecule has 2 aromatic carbocycles. The van der Waals surface area contributed by atoms with E-state index in [1.807, 2.05) is 26.0 Å². The topological polar surface area (TPSA) is 37.4 Å². The van der Waals surface area contributed by atoms with Crippen molar-refractivity contribution >= 4 is 34.7 Å². The summed E-state index contributed by atoms with van der Waals surface area (Å²) in [5.74, 6) is -0.759. The highest BCUT2D eigenvalue weighted by molar-refractivity contribution is 8.19. The molecule has 2 aromatic rings. The summed E-state index contributed by atoms with van der Waals surface area (Å²) in [7, 11) is 0. The van der Waals surface area contributed by atoms with Crippen molar-refractivity contribution in [3.63, 3.8) is 0 Å². The number of amides is 2. The third kappa shape index (κ3) is 2.92. The normalized spacial score (nSPS) is 16.5. The molecule has 5 heteroatoms. The van der Waals surface area contributed by atoms with Crippen molar-refractivity contribution in [3.05, 3.63) is 69.9 Å². The van der Waals surface area contributed by atoms with Crippen LogP contribution in [0.5, 0.6) is 0 Å². The van der Waals surface area contributed by atoms with Gasteiger partial charge in [0.15, 0.2) is 0 Å². The van der Waals surface area contributed by atoms with Gasteiger partial charge in [0.25, 0.3) is 11.1 Å². The summed E-state index contributed by atoms with van der Waals surface area (Å²) in [6.45, 7) is 3.81. The summed E-state index contributed by atoms with van der Waals surface area (Å²) in [4.78, 5) is 26.3. The Morgan fingerprint density at radius 1 is 1.09 bits per heavy atom. The molecular formula is C18H14FNO2S. The Hall–Kier alpha value is -2.40. The van der Waals surface area contributed by atoms with Crippen LogP contribution in [-0.4, -0.2) is 11.1 Å². The number of nitrogens with zero attached hydrogens (tertiary/aromatic N) is 1. The van der Waals surface area contributed by atoms with Crippen LogP contribution in [0.2, 0.25) is 0 Å². The predicted molar refractivity (Wildman–Crippen MR) is 90.8 cm³/mol. The quantitative estimate of drug-likeness (QED) is 0.751. The first kappa shape index (κ1) is 15.5. The van der Waals surface area contributed by atoms with Crippen LogP contribution in [0.15, 0.2) is 47.4 Å². The van der Waals surface area contributed by atoms with Crippen LogP contribution in [-0.2, 0) is 4.79 Å². The van der Waals surface area contributed by atoms with Crippen molar-refractivity contribution in [2.75, 3.05) is 4.90 Å². The first-order valence-electron chi connectivity index (χ1n) is 7.07. The molecule has 0 saturated carbocycles. The zero-order chi connectivity index (χ0) is 16.6. The lowest BCUT2D eigenvalue weighted by atomic mass is 10.1. The second-order valence-electron chi connectivity index (χ2n) is 5.29. The fraction of sp³-hybridized carbons (Fsp3) is 0.111. The van der Waals surface area contributed by atoms with E-state index in [-0.39, 0.29) is 17.0 Å². The zero-order valence-corrected chi connectivity index (χ0v) is 13.5. The van der Waals surface area contributed by atoms with Gasteiger partial charge in [-0.2, -0.15) is 0 Å². The number of benzene rings is 2. The highest BCUT2D eigenvalue weighted by atomic mass is 32.2. The third-order valence-electron chi connectivity index (χ3n) is 3.76. The molecule has 1 aliphatic rings. The average molecular weight is 327 g/mol. The highest BCUT2D eigenvalue weighted by Crippen LogP contribution is 2.37. The molecule has 3 rings (SSSR count). The number of thioether (sulfide) groups is 1. The minimum atomic E-state index is -0.382. The lowest BCUT2D eigenvalue weighted by Gasteiger charge is -2.16. The molecule has 3 nitrogen and oxygen atoms in total. The average Bonchev–Trinajstić information content (AvgIpc) is 2.77. The van der Waals surface area contributed by atoms with Gasteiger partial charge >= 0.3 is 0 Å². The molecule has 0 aromatic heterocycles. The van der Waals surface area contributed by atoms with E-state index in [4.69, 9.17) is 0 Å². The number of imide groups is 1. The summed E-state index contributed by atoms with van der Waals surface area (Å²) >= 11 is 0.868. The second kappa shape index (κ2) is 6.01. The van der Waals surface area contributed by atoms with E-state index < -0.39 is 0 Å². The summed E-state index contributed by atoms with van der Waals surface area (Å²) in [6, 6.07) is 11.4. The molecule has 1 heterocycles. The van der Waals surface area contributed by atoms with Gasteiger partial charge in [0.2, 0.25) is 0 Å². The zero-order valence-electron chi connectivity index (χ0n) is 12.7. The van der Waals surface area contributed by atoms with Crippen LogP contribution in [0, 0.1) is 19.7 Å². The van der Waals surface area contributed by atoms with Crippen LogP contribution < -0.4 is 4.90 Å². The lowest BCUT2D eigenvalue weighted by molar-refractivity contribution is -0.113. The standard InChI is InChI=1S/C18H14FNO2S/c1-11-5-3-8-15(12(11)2)20-17(21)16(23-18(20)22)10-13-6-4-7-14(19)9-13/h3-10H,1-2H3/b16-10-.